The fourth-order valence-electron chi connectivity index (χ4n) is 3.36. The molecule has 160 valence electrons. The van der Waals surface area contributed by atoms with Crippen molar-refractivity contribution in [2.24, 2.45) is 0 Å². The fourth-order valence-corrected chi connectivity index (χ4v) is 3.36. The molecule has 1 aromatic carbocycles. The smallest absolute Gasteiger partial charge is 0.355 e. The second-order valence-electron chi connectivity index (χ2n) is 7.27. The van der Waals surface area contributed by atoms with Crippen LogP contribution in [0.3, 0.4) is 0 Å². The predicted octanol–water partition coefficient (Wildman–Crippen LogP) is 3.30. The van der Waals surface area contributed by atoms with Crippen molar-refractivity contribution < 1.29 is 28.2 Å². The number of hydrogen-bond donors (Lipinski definition) is 1. The van der Waals surface area contributed by atoms with Gasteiger partial charge in [-0.15, -0.1) is 0 Å². The number of nitrogens with one attached hydrogen (secondary N) is 1. The molecule has 0 atom stereocenters. The highest BCUT2D eigenvalue weighted by Crippen LogP contribution is 2.29. The van der Waals surface area contributed by atoms with Crippen LogP contribution in [-0.4, -0.2) is 47.0 Å². The van der Waals surface area contributed by atoms with Gasteiger partial charge in [0.2, 0.25) is 0 Å². The quantitative estimate of drug-likeness (QED) is 0.667. The Morgan fingerprint density at radius 1 is 1.13 bits per heavy atom. The number of H-pyrrole nitrogens is 1. The number of rotatable bonds is 8. The Bertz CT molecular complexity index is 964. The zero-order valence-electron chi connectivity index (χ0n) is 17.3. The molecule has 1 fully saturated rings. The van der Waals surface area contributed by atoms with Crippen molar-refractivity contribution in [3.63, 3.8) is 0 Å². The summed E-state index contributed by atoms with van der Waals surface area (Å²) in [7, 11) is 0. The minimum atomic E-state index is -0.702. The van der Waals surface area contributed by atoms with E-state index in [0.29, 0.717) is 16.8 Å². The molecule has 8 heteroatoms. The van der Waals surface area contributed by atoms with Crippen LogP contribution in [0, 0.1) is 19.7 Å². The molecular weight excluding hydrogens is 391 g/mol. The Kier molecular flexibility index (Phi) is 6.54. The number of carbonyl (C=O) groups excluding carboxylic acids is 3. The molecule has 0 saturated heterocycles. The van der Waals surface area contributed by atoms with Crippen molar-refractivity contribution in [3.05, 3.63) is 58.2 Å². The van der Waals surface area contributed by atoms with Crippen LogP contribution in [0.5, 0.6) is 0 Å². The van der Waals surface area contributed by atoms with E-state index in [9.17, 15) is 18.8 Å². The van der Waals surface area contributed by atoms with Crippen molar-refractivity contribution in [2.45, 2.75) is 46.2 Å². The SMILES string of the molecule is CCOC(=O)c1[nH]c(C)c(C(=O)OCC(=O)N(Cc2ccccc2F)C2CC2)c1C. The molecule has 0 bridgehead atoms. The first-order valence-electron chi connectivity index (χ1n) is 9.89. The maximum Gasteiger partial charge on any atom is 0.355 e. The van der Waals surface area contributed by atoms with Gasteiger partial charge in [-0.3, -0.25) is 4.79 Å². The molecule has 30 heavy (non-hydrogen) atoms. The molecule has 0 spiro atoms. The van der Waals surface area contributed by atoms with Gasteiger partial charge in [-0.05, 0) is 45.2 Å². The first kappa shape index (κ1) is 21.5. The molecular formula is C22H25FN2O5. The third kappa shape index (κ3) is 4.69. The van der Waals surface area contributed by atoms with E-state index in [1.807, 2.05) is 0 Å². The summed E-state index contributed by atoms with van der Waals surface area (Å²) in [6, 6.07) is 6.32. The van der Waals surface area contributed by atoms with Gasteiger partial charge in [-0.25, -0.2) is 14.0 Å². The van der Waals surface area contributed by atoms with Crippen LogP contribution in [-0.2, 0) is 20.8 Å². The average molecular weight is 416 g/mol. The van der Waals surface area contributed by atoms with Gasteiger partial charge in [0.1, 0.15) is 11.5 Å². The summed E-state index contributed by atoms with van der Waals surface area (Å²) < 4.78 is 24.2. The van der Waals surface area contributed by atoms with E-state index in [-0.39, 0.29) is 42.2 Å². The number of carbonyl (C=O) groups is 3. The molecule has 0 radical (unpaired) electrons. The van der Waals surface area contributed by atoms with Gasteiger partial charge in [-0.2, -0.15) is 0 Å². The summed E-state index contributed by atoms with van der Waals surface area (Å²) in [6.45, 7) is 4.83. The highest BCUT2D eigenvalue weighted by molar-refractivity contribution is 5.99. The number of halogens is 1. The van der Waals surface area contributed by atoms with Crippen molar-refractivity contribution in [2.75, 3.05) is 13.2 Å². The Hall–Kier alpha value is -3.16. The van der Waals surface area contributed by atoms with Crippen LogP contribution >= 0.6 is 0 Å². The number of esters is 2. The lowest BCUT2D eigenvalue weighted by atomic mass is 10.1. The summed E-state index contributed by atoms with van der Waals surface area (Å²) in [5, 5.41) is 0. The van der Waals surface area contributed by atoms with Crippen LogP contribution in [0.1, 0.15) is 57.4 Å². The lowest BCUT2D eigenvalue weighted by Crippen LogP contribution is -2.36. The van der Waals surface area contributed by atoms with E-state index in [1.54, 1.807) is 43.9 Å². The van der Waals surface area contributed by atoms with Crippen molar-refractivity contribution in [1.82, 2.24) is 9.88 Å². The van der Waals surface area contributed by atoms with E-state index in [4.69, 9.17) is 9.47 Å². The summed E-state index contributed by atoms with van der Waals surface area (Å²) in [6.07, 6.45) is 1.68. The Morgan fingerprint density at radius 2 is 1.83 bits per heavy atom. The zero-order chi connectivity index (χ0) is 21.8. The first-order chi connectivity index (χ1) is 14.3. The van der Waals surface area contributed by atoms with Gasteiger partial charge in [0.05, 0.1) is 12.2 Å². The van der Waals surface area contributed by atoms with E-state index < -0.39 is 18.5 Å². The number of nitrogens with zero attached hydrogens (tertiary/aromatic N) is 1. The molecule has 1 heterocycles. The highest BCUT2D eigenvalue weighted by Gasteiger charge is 2.34. The molecule has 2 aromatic rings. The summed E-state index contributed by atoms with van der Waals surface area (Å²) in [4.78, 5) is 41.7. The van der Waals surface area contributed by atoms with E-state index >= 15 is 0 Å². The second kappa shape index (κ2) is 9.11. The molecule has 7 nitrogen and oxygen atoms in total. The summed E-state index contributed by atoms with van der Waals surface area (Å²) in [5.41, 5.74) is 1.68. The average Bonchev–Trinajstić information content (AvgIpc) is 3.50. The molecule has 1 N–H and O–H groups in total. The van der Waals surface area contributed by atoms with Crippen LogP contribution < -0.4 is 0 Å². The maximum absolute atomic E-state index is 14.0. The monoisotopic (exact) mass is 416 g/mol. The largest absolute Gasteiger partial charge is 0.461 e. The van der Waals surface area contributed by atoms with Gasteiger partial charge in [0, 0.05) is 23.8 Å². The molecule has 0 unspecified atom stereocenters. The Morgan fingerprint density at radius 3 is 2.47 bits per heavy atom. The fraction of sp³-hybridized carbons (Fsp3) is 0.409. The number of aromatic amines is 1. The van der Waals surface area contributed by atoms with Crippen molar-refractivity contribution in [3.8, 4) is 0 Å². The zero-order valence-corrected chi connectivity index (χ0v) is 17.3. The normalized spacial score (nSPS) is 13.1. The minimum Gasteiger partial charge on any atom is -0.461 e. The topological polar surface area (TPSA) is 88.7 Å². The van der Waals surface area contributed by atoms with Crippen LogP contribution in [0.2, 0.25) is 0 Å². The Balaban J connectivity index is 1.67. The summed E-state index contributed by atoms with van der Waals surface area (Å²) in [5.74, 6) is -2.02. The molecule has 1 aliphatic rings. The number of aryl methyl sites for hydroxylation is 1. The molecule has 1 amide bonds. The van der Waals surface area contributed by atoms with Gasteiger partial charge in [0.25, 0.3) is 5.91 Å². The van der Waals surface area contributed by atoms with Crippen molar-refractivity contribution in [1.29, 1.82) is 0 Å². The third-order valence-electron chi connectivity index (χ3n) is 5.05. The van der Waals surface area contributed by atoms with E-state index in [2.05, 4.69) is 4.98 Å². The lowest BCUT2D eigenvalue weighted by Gasteiger charge is -2.22. The summed E-state index contributed by atoms with van der Waals surface area (Å²) >= 11 is 0. The van der Waals surface area contributed by atoms with Crippen LogP contribution in [0.25, 0.3) is 0 Å². The third-order valence-corrected chi connectivity index (χ3v) is 5.05. The Labute approximate surface area is 174 Å². The predicted molar refractivity (Wildman–Crippen MR) is 106 cm³/mol. The lowest BCUT2D eigenvalue weighted by molar-refractivity contribution is -0.135. The molecule has 1 aromatic heterocycles. The molecule has 3 rings (SSSR count). The van der Waals surface area contributed by atoms with E-state index in [1.165, 1.54) is 6.07 Å². The van der Waals surface area contributed by atoms with Gasteiger partial charge < -0.3 is 19.4 Å². The number of ether oxygens (including phenoxy) is 2. The van der Waals surface area contributed by atoms with Gasteiger partial charge in [-0.1, -0.05) is 18.2 Å². The standard InChI is InChI=1S/C22H25FN2O5/c1-4-29-22(28)20-13(2)19(14(3)24-20)21(27)30-12-18(26)25(16-9-10-16)11-15-7-5-6-8-17(15)23/h5-8,16,24H,4,9-12H2,1-3H3. The second-order valence-corrected chi connectivity index (χ2v) is 7.27. The van der Waals surface area contributed by atoms with Crippen LogP contribution in [0.15, 0.2) is 24.3 Å². The number of hydrogen-bond acceptors (Lipinski definition) is 5. The molecule has 1 saturated carbocycles. The number of amides is 1. The van der Waals surface area contributed by atoms with Gasteiger partial charge >= 0.3 is 11.9 Å². The minimum absolute atomic E-state index is 0.0296. The van der Waals surface area contributed by atoms with E-state index in [0.717, 1.165) is 12.8 Å². The maximum atomic E-state index is 14.0. The van der Waals surface area contributed by atoms with Crippen molar-refractivity contribution >= 4 is 17.8 Å². The molecule has 0 aliphatic heterocycles. The van der Waals surface area contributed by atoms with Gasteiger partial charge in [0.15, 0.2) is 6.61 Å². The first-order valence-corrected chi connectivity index (χ1v) is 9.89. The highest BCUT2D eigenvalue weighted by atomic mass is 19.1. The number of benzene rings is 1. The molecule has 1 aliphatic carbocycles. The van der Waals surface area contributed by atoms with Crippen LogP contribution in [0.4, 0.5) is 4.39 Å². The number of aromatic nitrogens is 1.